The number of pyridine rings is 4. The van der Waals surface area contributed by atoms with Crippen LogP contribution in [0.4, 0.5) is 0 Å². The van der Waals surface area contributed by atoms with Crippen LogP contribution in [0.1, 0.15) is 5.69 Å². The van der Waals surface area contributed by atoms with Gasteiger partial charge in [0.2, 0.25) is 0 Å². The summed E-state index contributed by atoms with van der Waals surface area (Å²) < 4.78 is 9.98. The molecule has 0 atom stereocenters. The summed E-state index contributed by atoms with van der Waals surface area (Å²) in [6.45, 7) is 1.95. The van der Waals surface area contributed by atoms with Crippen LogP contribution >= 0.6 is 154 Å². The van der Waals surface area contributed by atoms with Crippen molar-refractivity contribution in [3.05, 3.63) is 199 Å². The van der Waals surface area contributed by atoms with E-state index in [2.05, 4.69) is 161 Å². The molecule has 10 aromatic rings. The highest BCUT2D eigenvalue weighted by atomic mass is 79.9. The maximum atomic E-state index is 8.12. The normalized spacial score (nSPS) is 9.22. The van der Waals surface area contributed by atoms with Gasteiger partial charge in [-0.05, 0) is 181 Å². The van der Waals surface area contributed by atoms with Crippen molar-refractivity contribution in [1.29, 1.82) is 0 Å². The number of aromatic amines is 3. The number of rotatable bonds is 3. The van der Waals surface area contributed by atoms with Crippen LogP contribution in [-0.2, 0) is 19.2 Å². The second-order valence-electron chi connectivity index (χ2n) is 11.8. The number of H-pyrrole nitrogens is 3. The fourth-order valence-corrected chi connectivity index (χ4v) is 6.73. The largest absolute Gasteiger partial charge is 0.373 e. The summed E-state index contributed by atoms with van der Waals surface area (Å²) in [4.78, 5) is 48.6. The fraction of sp³-hybridized carbons (Fsp3) is 0.0244. The molecule has 0 spiro atoms. The zero-order valence-corrected chi connectivity index (χ0v) is 49.2. The van der Waals surface area contributed by atoms with Gasteiger partial charge in [0, 0.05) is 61.5 Å². The predicted molar refractivity (Wildman–Crippen MR) is 290 cm³/mol. The van der Waals surface area contributed by atoms with E-state index in [4.69, 9.17) is 77.2 Å². The maximum Gasteiger partial charge on any atom is 0.373 e. The van der Waals surface area contributed by atoms with Crippen LogP contribution in [0.2, 0.25) is 25.2 Å². The van der Waals surface area contributed by atoms with Crippen LogP contribution in [0.25, 0.3) is 17.5 Å². The molecule has 0 unspecified atom stereocenters. The molecule has 3 N–H and O–H groups in total. The van der Waals surface area contributed by atoms with Crippen molar-refractivity contribution in [2.75, 3.05) is 0 Å². The summed E-state index contributed by atoms with van der Waals surface area (Å²) in [6, 6.07) is 23.3. The molecule has 0 radical (unpaired) electrons. The van der Waals surface area contributed by atoms with E-state index >= 15 is 0 Å². The third kappa shape index (κ3) is 25.1. The average molecular weight is 1470 g/mol. The highest BCUT2D eigenvalue weighted by Gasteiger charge is 2.09. The van der Waals surface area contributed by atoms with Gasteiger partial charge in [-0.25, -0.2) is 34.0 Å². The first-order valence-corrected chi connectivity index (χ1v) is 25.4. The van der Waals surface area contributed by atoms with Crippen LogP contribution in [0.3, 0.4) is 0 Å². The van der Waals surface area contributed by atoms with Crippen LogP contribution in [0, 0.1) is 6.92 Å². The van der Waals surface area contributed by atoms with Gasteiger partial charge in [0.05, 0.1) is 30.8 Å². The van der Waals surface area contributed by atoms with Gasteiger partial charge in [0.25, 0.3) is 0 Å². The maximum absolute atomic E-state index is 8.12. The molecule has 0 aliphatic heterocycles. The van der Waals surface area contributed by atoms with Crippen molar-refractivity contribution >= 4 is 166 Å². The SMILES string of the molecule is Brc1ccn[nH]1.Brc1cn[nH]c1Br.Cc1cc(Br)nn1-c1ncccc1Cl.Clc1cccnc1-n1ccc(Br)n1.Clc1cccnc1-n1ccc(Br)n1.Clc1cccnc1Cl.O=C=O.O=C=O.c1cn[nH]c1. The minimum Gasteiger partial charge on any atom is -0.286 e. The summed E-state index contributed by atoms with van der Waals surface area (Å²) in [5.74, 6) is 1.92. The number of carbonyl (C=O) groups excluding carboxylic acids is 4. The van der Waals surface area contributed by atoms with Crippen molar-refractivity contribution < 1.29 is 19.2 Å². The lowest BCUT2D eigenvalue weighted by Gasteiger charge is -2.03. The lowest BCUT2D eigenvalue weighted by atomic mass is 10.4. The quantitative estimate of drug-likeness (QED) is 0.139. The molecule has 0 aromatic carbocycles. The van der Waals surface area contributed by atoms with Gasteiger partial charge in [0.15, 0.2) is 17.5 Å². The standard InChI is InChI=1S/C9H7BrClN3.2C8H5BrClN3.C5H3Cl2N.C3H2Br2N2.C3H3BrN2.C3H4N2.2CO2/c1-6-5-8(10)13-14(6)9-7(11)3-2-4-12-9;2*9-7-3-5-13(12-7)8-6(10)2-1-4-11-8;6-4-2-1-3-8-5(4)7;4-2-1-6-7-3(2)5;4-3-1-2-5-6-3;1-2-4-5-3-1;2*2-1-3/h2-5H,1H3;2*1-5H;1-3H;1H,(H,6,7);1-2H,(H,5,6);1-3H,(H,4,5);;. The van der Waals surface area contributed by atoms with Crippen molar-refractivity contribution in [3.8, 4) is 17.5 Å². The zero-order valence-electron chi connectivity index (χ0n) is 35.9. The summed E-state index contributed by atoms with van der Waals surface area (Å²) in [7, 11) is 0. The lowest BCUT2D eigenvalue weighted by molar-refractivity contribution is -0.193. The molecule has 0 bridgehead atoms. The first-order valence-electron chi connectivity index (χ1n) is 18.7. The number of halogens is 11. The van der Waals surface area contributed by atoms with Crippen molar-refractivity contribution in [2.45, 2.75) is 6.92 Å². The number of hydrogen-bond acceptors (Lipinski definition) is 14. The number of nitrogens with zero attached hydrogens (tertiary/aromatic N) is 13. The lowest BCUT2D eigenvalue weighted by Crippen LogP contribution is -2.01. The van der Waals surface area contributed by atoms with Crippen LogP contribution in [0.15, 0.2) is 168 Å². The van der Waals surface area contributed by atoms with Crippen LogP contribution in [-0.4, -0.2) is 92.2 Å². The molecule has 0 saturated carbocycles. The highest BCUT2D eigenvalue weighted by molar-refractivity contribution is 9.13. The summed E-state index contributed by atoms with van der Waals surface area (Å²) >= 11 is 48.2. The Hall–Kier alpha value is -5.05. The third-order valence-electron chi connectivity index (χ3n) is 6.96. The van der Waals surface area contributed by atoms with Gasteiger partial charge in [0.1, 0.15) is 28.2 Å². The van der Waals surface area contributed by atoms with E-state index in [1.807, 2.05) is 37.3 Å². The van der Waals surface area contributed by atoms with E-state index in [1.165, 1.54) is 0 Å². The molecular formula is C41H29Br6Cl5N16O4. The predicted octanol–water partition coefficient (Wildman–Crippen LogP) is 13.1. The molecule has 374 valence electrons. The molecule has 10 aromatic heterocycles. The van der Waals surface area contributed by atoms with E-state index in [9.17, 15) is 0 Å². The zero-order chi connectivity index (χ0) is 53.3. The van der Waals surface area contributed by atoms with Gasteiger partial charge >= 0.3 is 12.3 Å². The topological polar surface area (TPSA) is 259 Å². The number of aryl methyl sites for hydroxylation is 1. The van der Waals surface area contributed by atoms with Gasteiger partial charge < -0.3 is 0 Å². The van der Waals surface area contributed by atoms with E-state index in [1.54, 1.807) is 125 Å². The van der Waals surface area contributed by atoms with E-state index in [0.717, 1.165) is 33.2 Å². The summed E-state index contributed by atoms with van der Waals surface area (Å²) in [5.41, 5.74) is 0.984. The van der Waals surface area contributed by atoms with E-state index in [-0.39, 0.29) is 12.3 Å². The molecule has 20 nitrogen and oxygen atoms in total. The molecule has 0 fully saturated rings. The molecule has 10 heterocycles. The molecule has 31 heteroatoms. The average Bonchev–Trinajstić information content (AvgIpc) is 4.25. The molecule has 10 rings (SSSR count). The smallest absolute Gasteiger partial charge is 0.286 e. The molecule has 0 aliphatic carbocycles. The molecule has 72 heavy (non-hydrogen) atoms. The first kappa shape index (κ1) is 63.1. The third-order valence-corrected chi connectivity index (χ3v) is 12.0. The second kappa shape index (κ2) is 36.8. The number of nitrogens with one attached hydrogen (secondary N) is 3. The van der Waals surface area contributed by atoms with Crippen molar-refractivity contribution in [1.82, 2.24) is 79.9 Å². The first-order chi connectivity index (χ1) is 34.6. The summed E-state index contributed by atoms with van der Waals surface area (Å²) in [5, 5.41) is 34.0. The minimum absolute atomic E-state index is 0.250. The Kier molecular flexibility index (Phi) is 32.2. The minimum atomic E-state index is 0.250. The Balaban J connectivity index is 0.000000289. The van der Waals surface area contributed by atoms with Crippen LogP contribution < -0.4 is 0 Å². The van der Waals surface area contributed by atoms with Gasteiger partial charge in [-0.2, -0.15) is 49.8 Å². The second-order valence-corrected chi connectivity index (χ2v) is 18.7. The Labute approximate surface area is 483 Å². The number of aromatic nitrogens is 16. The Bertz CT molecular complexity index is 2980. The van der Waals surface area contributed by atoms with Crippen molar-refractivity contribution in [3.63, 3.8) is 0 Å². The van der Waals surface area contributed by atoms with E-state index < -0.39 is 0 Å². The van der Waals surface area contributed by atoms with Crippen molar-refractivity contribution in [2.24, 2.45) is 0 Å². The Morgan fingerprint density at radius 3 is 1.25 bits per heavy atom. The Morgan fingerprint density at radius 2 is 1.00 bits per heavy atom. The molecule has 0 amide bonds. The monoisotopic (exact) mass is 1460 g/mol. The summed E-state index contributed by atoms with van der Waals surface area (Å²) in [6.07, 6.45) is 17.5. The molecule has 0 saturated heterocycles. The Morgan fingerprint density at radius 1 is 0.514 bits per heavy atom. The molecular weight excluding hydrogens is 1440 g/mol. The van der Waals surface area contributed by atoms with E-state index in [0.29, 0.717) is 42.7 Å². The van der Waals surface area contributed by atoms with Gasteiger partial charge in [-0.3, -0.25) is 15.3 Å². The number of hydrogen-bond donors (Lipinski definition) is 3. The highest BCUT2D eigenvalue weighted by Crippen LogP contribution is 2.22. The van der Waals surface area contributed by atoms with Crippen LogP contribution in [0.5, 0.6) is 0 Å². The van der Waals surface area contributed by atoms with Gasteiger partial charge in [-0.15, -0.1) is 0 Å². The fourth-order valence-electron chi connectivity index (χ4n) is 4.19. The molecule has 0 aliphatic rings. The van der Waals surface area contributed by atoms with Gasteiger partial charge in [-0.1, -0.05) is 58.0 Å².